The first-order valence-corrected chi connectivity index (χ1v) is 5.51. The second-order valence-corrected chi connectivity index (χ2v) is 4.27. The molecule has 0 radical (unpaired) electrons. The van der Waals surface area contributed by atoms with Crippen LogP contribution < -0.4 is 5.73 Å². The summed E-state index contributed by atoms with van der Waals surface area (Å²) < 4.78 is 0. The molecule has 0 aromatic heterocycles. The number of amidine groups is 1. The molecule has 5 heteroatoms. The van der Waals surface area contributed by atoms with Crippen LogP contribution in [0.3, 0.4) is 0 Å². The number of rotatable bonds is 3. The Morgan fingerprint density at radius 3 is 2.73 bits per heavy atom. The van der Waals surface area contributed by atoms with E-state index < -0.39 is 0 Å². The quantitative estimate of drug-likeness (QED) is 0.304. The molecule has 0 saturated carbocycles. The van der Waals surface area contributed by atoms with Crippen molar-refractivity contribution in [2.24, 2.45) is 10.9 Å². The van der Waals surface area contributed by atoms with Gasteiger partial charge in [-0.05, 0) is 20.4 Å². The second-order valence-electron chi connectivity index (χ2n) is 4.27. The van der Waals surface area contributed by atoms with Crippen LogP contribution in [0.2, 0.25) is 0 Å². The van der Waals surface area contributed by atoms with Crippen molar-refractivity contribution < 1.29 is 5.21 Å². The summed E-state index contributed by atoms with van der Waals surface area (Å²) >= 11 is 0. The van der Waals surface area contributed by atoms with E-state index in [9.17, 15) is 0 Å². The Morgan fingerprint density at radius 2 is 2.27 bits per heavy atom. The van der Waals surface area contributed by atoms with E-state index in [1.165, 1.54) is 0 Å². The Bertz CT molecular complexity index is 231. The van der Waals surface area contributed by atoms with Gasteiger partial charge in [-0.15, -0.1) is 0 Å². The van der Waals surface area contributed by atoms with E-state index >= 15 is 0 Å². The van der Waals surface area contributed by atoms with Gasteiger partial charge in [0, 0.05) is 25.7 Å². The van der Waals surface area contributed by atoms with E-state index in [1.807, 2.05) is 0 Å². The fourth-order valence-electron chi connectivity index (χ4n) is 2.08. The van der Waals surface area contributed by atoms with E-state index in [2.05, 4.69) is 35.9 Å². The molecule has 0 bridgehead atoms. The first-order valence-electron chi connectivity index (χ1n) is 5.51. The molecule has 2 atom stereocenters. The summed E-state index contributed by atoms with van der Waals surface area (Å²) in [4.78, 5) is 4.62. The maximum Gasteiger partial charge on any atom is 0.156 e. The Kier molecular flexibility index (Phi) is 4.35. The van der Waals surface area contributed by atoms with Gasteiger partial charge in [-0.1, -0.05) is 12.1 Å². The molecule has 0 aromatic rings. The third kappa shape index (κ3) is 2.82. The second kappa shape index (κ2) is 5.32. The van der Waals surface area contributed by atoms with Gasteiger partial charge in [0.25, 0.3) is 0 Å². The number of nitrogens with zero attached hydrogens (tertiary/aromatic N) is 3. The summed E-state index contributed by atoms with van der Waals surface area (Å²) in [7, 11) is 2.13. The van der Waals surface area contributed by atoms with Crippen LogP contribution in [-0.4, -0.2) is 59.6 Å². The van der Waals surface area contributed by atoms with Gasteiger partial charge in [-0.25, -0.2) is 0 Å². The van der Waals surface area contributed by atoms with Crippen LogP contribution in [0, 0.1) is 0 Å². The Balaban J connectivity index is 2.62. The minimum atomic E-state index is 0.0751. The van der Waals surface area contributed by atoms with Gasteiger partial charge in [0.1, 0.15) is 0 Å². The zero-order valence-corrected chi connectivity index (χ0v) is 9.85. The van der Waals surface area contributed by atoms with Crippen LogP contribution in [0.25, 0.3) is 0 Å². The van der Waals surface area contributed by atoms with E-state index in [4.69, 9.17) is 10.9 Å². The summed E-state index contributed by atoms with van der Waals surface area (Å²) in [6, 6.07) is 0.602. The molecule has 1 heterocycles. The number of hydrogen-bond acceptors (Lipinski definition) is 4. The third-order valence-electron chi connectivity index (χ3n) is 3.28. The molecule has 2 unspecified atom stereocenters. The third-order valence-corrected chi connectivity index (χ3v) is 3.28. The van der Waals surface area contributed by atoms with E-state index in [0.717, 1.165) is 26.1 Å². The lowest BCUT2D eigenvalue weighted by Crippen LogP contribution is -2.56. The molecule has 0 spiro atoms. The standard InChI is InChI=1S/C10H22N4O/c1-4-9(10(11)12-15)14-6-5-13(3)8(2)7-14/h8-9,15H,4-7H2,1-3H3,(H2,11,12). The molecule has 1 aliphatic rings. The molecule has 0 amide bonds. The molecule has 0 aliphatic carbocycles. The average molecular weight is 214 g/mol. The molecule has 1 saturated heterocycles. The highest BCUT2D eigenvalue weighted by Crippen LogP contribution is 2.12. The van der Waals surface area contributed by atoms with Gasteiger partial charge in [-0.3, -0.25) is 4.90 Å². The molecule has 1 fully saturated rings. The van der Waals surface area contributed by atoms with Crippen molar-refractivity contribution in [3.05, 3.63) is 0 Å². The van der Waals surface area contributed by atoms with Crippen molar-refractivity contribution >= 4 is 5.84 Å². The average Bonchev–Trinajstić information content (AvgIpc) is 2.24. The normalized spacial score (nSPS) is 27.9. The van der Waals surface area contributed by atoms with Gasteiger partial charge in [-0.2, -0.15) is 0 Å². The first-order chi connectivity index (χ1) is 7.10. The summed E-state index contributed by atoms with van der Waals surface area (Å²) in [6.45, 7) is 7.26. The zero-order chi connectivity index (χ0) is 11.4. The lowest BCUT2D eigenvalue weighted by Gasteiger charge is -2.41. The smallest absolute Gasteiger partial charge is 0.156 e. The van der Waals surface area contributed by atoms with Gasteiger partial charge < -0.3 is 15.8 Å². The van der Waals surface area contributed by atoms with Crippen molar-refractivity contribution in [1.29, 1.82) is 0 Å². The van der Waals surface area contributed by atoms with Crippen molar-refractivity contribution in [1.82, 2.24) is 9.80 Å². The van der Waals surface area contributed by atoms with E-state index in [0.29, 0.717) is 11.9 Å². The largest absolute Gasteiger partial charge is 0.409 e. The van der Waals surface area contributed by atoms with Crippen molar-refractivity contribution in [2.75, 3.05) is 26.7 Å². The predicted octanol–water partition coefficient (Wildman–Crippen LogP) is 0.147. The lowest BCUT2D eigenvalue weighted by molar-refractivity contribution is 0.0888. The number of likely N-dealkylation sites (N-methyl/N-ethyl adjacent to an activating group) is 1. The number of oxime groups is 1. The van der Waals surface area contributed by atoms with Crippen LogP contribution in [-0.2, 0) is 0 Å². The van der Waals surface area contributed by atoms with E-state index in [-0.39, 0.29) is 6.04 Å². The predicted molar refractivity (Wildman–Crippen MR) is 61.2 cm³/mol. The monoisotopic (exact) mass is 214 g/mol. The van der Waals surface area contributed by atoms with Gasteiger partial charge in [0.15, 0.2) is 5.84 Å². The zero-order valence-electron chi connectivity index (χ0n) is 9.85. The molecule has 5 nitrogen and oxygen atoms in total. The highest BCUT2D eigenvalue weighted by Gasteiger charge is 2.27. The molecule has 3 N–H and O–H groups in total. The fraction of sp³-hybridized carbons (Fsp3) is 0.900. The first kappa shape index (κ1) is 12.3. The minimum Gasteiger partial charge on any atom is -0.409 e. The van der Waals surface area contributed by atoms with Crippen molar-refractivity contribution in [3.8, 4) is 0 Å². The summed E-state index contributed by atoms with van der Waals surface area (Å²) in [6.07, 6.45) is 0.881. The molecule has 1 rings (SSSR count). The molecular weight excluding hydrogens is 192 g/mol. The van der Waals surface area contributed by atoms with Crippen LogP contribution >= 0.6 is 0 Å². The fourth-order valence-corrected chi connectivity index (χ4v) is 2.08. The molecule has 1 aliphatic heterocycles. The van der Waals surface area contributed by atoms with Gasteiger partial charge in [0.05, 0.1) is 6.04 Å². The van der Waals surface area contributed by atoms with Crippen LogP contribution in [0.4, 0.5) is 0 Å². The van der Waals surface area contributed by atoms with Crippen LogP contribution in [0.5, 0.6) is 0 Å². The number of piperazine rings is 1. The SMILES string of the molecule is CCC(C(N)=NO)N1CCN(C)C(C)C1. The number of hydrogen-bond donors (Lipinski definition) is 2. The van der Waals surface area contributed by atoms with E-state index in [1.54, 1.807) is 0 Å². The summed E-state index contributed by atoms with van der Waals surface area (Å²) in [5.41, 5.74) is 5.68. The minimum absolute atomic E-state index is 0.0751. The summed E-state index contributed by atoms with van der Waals surface area (Å²) in [5, 5.41) is 11.8. The maximum absolute atomic E-state index is 8.71. The lowest BCUT2D eigenvalue weighted by atomic mass is 10.1. The Hall–Kier alpha value is -0.810. The molecule has 0 aromatic carbocycles. The topological polar surface area (TPSA) is 65.1 Å². The van der Waals surface area contributed by atoms with Crippen LogP contribution in [0.1, 0.15) is 20.3 Å². The molecular formula is C10H22N4O. The highest BCUT2D eigenvalue weighted by atomic mass is 16.4. The molecule has 88 valence electrons. The van der Waals surface area contributed by atoms with Crippen molar-refractivity contribution in [3.63, 3.8) is 0 Å². The maximum atomic E-state index is 8.71. The van der Waals surface area contributed by atoms with Crippen molar-refractivity contribution in [2.45, 2.75) is 32.4 Å². The van der Waals surface area contributed by atoms with Gasteiger partial charge >= 0.3 is 0 Å². The Labute approximate surface area is 91.5 Å². The molecule has 15 heavy (non-hydrogen) atoms. The van der Waals surface area contributed by atoms with Crippen LogP contribution in [0.15, 0.2) is 5.16 Å². The highest BCUT2D eigenvalue weighted by molar-refractivity contribution is 5.85. The van der Waals surface area contributed by atoms with Gasteiger partial charge in [0.2, 0.25) is 0 Å². The summed E-state index contributed by atoms with van der Waals surface area (Å²) in [5.74, 6) is 0.328. The number of nitrogens with two attached hydrogens (primary N) is 1. The Morgan fingerprint density at radius 1 is 1.60 bits per heavy atom.